The zero-order valence-corrected chi connectivity index (χ0v) is 14.4. The van der Waals surface area contributed by atoms with E-state index in [-0.39, 0.29) is 11.5 Å². The minimum atomic E-state index is -4.56. The Labute approximate surface area is 147 Å². The van der Waals surface area contributed by atoms with Crippen LogP contribution in [0.1, 0.15) is 5.69 Å². The quantitative estimate of drug-likeness (QED) is 0.486. The Morgan fingerprint density at radius 1 is 1.04 bits per heavy atom. The number of thiophene rings is 1. The van der Waals surface area contributed by atoms with E-state index in [9.17, 15) is 13.2 Å². The van der Waals surface area contributed by atoms with Crippen molar-refractivity contribution in [2.45, 2.75) is 6.18 Å². The Kier molecular flexibility index (Phi) is 4.44. The zero-order chi connectivity index (χ0) is 16.6. The number of halogens is 5. The number of hydrogen-bond donors (Lipinski definition) is 0. The van der Waals surface area contributed by atoms with Crippen molar-refractivity contribution in [3.05, 3.63) is 57.0 Å². The lowest BCUT2D eigenvalue weighted by atomic mass is 10.2. The summed E-state index contributed by atoms with van der Waals surface area (Å²) in [5, 5.41) is 0. The van der Waals surface area contributed by atoms with Crippen molar-refractivity contribution in [1.29, 1.82) is 0 Å². The predicted molar refractivity (Wildman–Crippen MR) is 88.5 cm³/mol. The van der Waals surface area contributed by atoms with Crippen molar-refractivity contribution in [3.63, 3.8) is 0 Å². The Hall–Kier alpha value is -1.44. The average Bonchev–Trinajstić information content (AvgIpc) is 2.92. The second-order valence-electron chi connectivity index (χ2n) is 4.57. The highest BCUT2D eigenvalue weighted by atomic mass is 79.9. The molecule has 3 aromatic rings. The lowest BCUT2D eigenvalue weighted by Gasteiger charge is -2.10. The first-order valence-electron chi connectivity index (χ1n) is 6.31. The van der Waals surface area contributed by atoms with Gasteiger partial charge in [0.05, 0.1) is 14.9 Å². The van der Waals surface area contributed by atoms with Gasteiger partial charge in [-0.2, -0.15) is 13.2 Å². The molecule has 0 amide bonds. The molecule has 118 valence electrons. The van der Waals surface area contributed by atoms with E-state index in [0.29, 0.717) is 14.8 Å². The number of alkyl halides is 3. The molecule has 2 aromatic heterocycles. The van der Waals surface area contributed by atoms with Gasteiger partial charge in [0.15, 0.2) is 5.82 Å². The van der Waals surface area contributed by atoms with Gasteiger partial charge in [-0.3, -0.25) is 0 Å². The van der Waals surface area contributed by atoms with E-state index in [1.54, 1.807) is 36.4 Å². The van der Waals surface area contributed by atoms with Crippen molar-refractivity contribution >= 4 is 38.9 Å². The molecule has 0 aliphatic heterocycles. The molecule has 1 aromatic carbocycles. The smallest absolute Gasteiger partial charge is 0.227 e. The Bertz CT molecular complexity index is 864. The molecule has 2 nitrogen and oxygen atoms in total. The average molecular weight is 420 g/mol. The van der Waals surface area contributed by atoms with E-state index in [1.165, 1.54) is 11.3 Å². The summed E-state index contributed by atoms with van der Waals surface area (Å²) < 4.78 is 40.6. The molecule has 0 aliphatic carbocycles. The van der Waals surface area contributed by atoms with Gasteiger partial charge in [-0.05, 0) is 30.3 Å². The molecular formula is C15H7BrClF3N2S. The van der Waals surface area contributed by atoms with Gasteiger partial charge in [-0.25, -0.2) is 9.97 Å². The summed E-state index contributed by atoms with van der Waals surface area (Å²) in [6, 6.07) is 11.0. The maximum atomic E-state index is 13.1. The third-order valence-electron chi connectivity index (χ3n) is 2.93. The minimum Gasteiger partial charge on any atom is -0.227 e. The van der Waals surface area contributed by atoms with Crippen LogP contribution in [-0.2, 0) is 6.18 Å². The fourth-order valence-electron chi connectivity index (χ4n) is 1.93. The van der Waals surface area contributed by atoms with Gasteiger partial charge < -0.3 is 0 Å². The molecule has 0 atom stereocenters. The van der Waals surface area contributed by atoms with Crippen LogP contribution in [0.4, 0.5) is 13.2 Å². The van der Waals surface area contributed by atoms with E-state index in [0.717, 1.165) is 10.5 Å². The van der Waals surface area contributed by atoms with Crippen LogP contribution < -0.4 is 0 Å². The summed E-state index contributed by atoms with van der Waals surface area (Å²) in [6.45, 7) is 0. The van der Waals surface area contributed by atoms with Crippen LogP contribution in [0.2, 0.25) is 4.34 Å². The van der Waals surface area contributed by atoms with Gasteiger partial charge in [-0.15, -0.1) is 11.3 Å². The highest BCUT2D eigenvalue weighted by Gasteiger charge is 2.34. The molecule has 0 bridgehead atoms. The standard InChI is InChI=1S/C15H7BrClF3N2S/c16-9-3-1-2-8(6-9)14-21-10(11-4-5-13(17)23-11)7-12(22-14)15(18,19)20/h1-7H. The van der Waals surface area contributed by atoms with Crippen LogP contribution in [0, 0.1) is 0 Å². The molecule has 0 spiro atoms. The van der Waals surface area contributed by atoms with Crippen LogP contribution in [0.15, 0.2) is 46.9 Å². The third-order valence-corrected chi connectivity index (χ3v) is 4.67. The Morgan fingerprint density at radius 3 is 2.43 bits per heavy atom. The zero-order valence-electron chi connectivity index (χ0n) is 11.2. The molecule has 0 fully saturated rings. The first-order chi connectivity index (χ1) is 10.8. The first kappa shape index (κ1) is 16.4. The maximum Gasteiger partial charge on any atom is 0.433 e. The summed E-state index contributed by atoms with van der Waals surface area (Å²) in [5.41, 5.74) is -0.296. The van der Waals surface area contributed by atoms with E-state index in [1.807, 2.05) is 0 Å². The Morgan fingerprint density at radius 2 is 1.83 bits per heavy atom. The van der Waals surface area contributed by atoms with Crippen LogP contribution >= 0.6 is 38.9 Å². The van der Waals surface area contributed by atoms with E-state index in [2.05, 4.69) is 25.9 Å². The van der Waals surface area contributed by atoms with Crippen molar-refractivity contribution in [2.24, 2.45) is 0 Å². The second-order valence-corrected chi connectivity index (χ2v) is 7.20. The third kappa shape index (κ3) is 3.73. The lowest BCUT2D eigenvalue weighted by molar-refractivity contribution is -0.141. The van der Waals surface area contributed by atoms with Crippen molar-refractivity contribution in [1.82, 2.24) is 9.97 Å². The molecule has 0 saturated carbocycles. The minimum absolute atomic E-state index is 0.0145. The number of rotatable bonds is 2. The molecule has 0 N–H and O–H groups in total. The predicted octanol–water partition coefficient (Wildman–Crippen LogP) is 6.31. The Balaban J connectivity index is 2.20. The summed E-state index contributed by atoms with van der Waals surface area (Å²) in [6.07, 6.45) is -4.56. The number of nitrogens with zero attached hydrogens (tertiary/aromatic N) is 2. The van der Waals surface area contributed by atoms with E-state index >= 15 is 0 Å². The van der Waals surface area contributed by atoms with Crippen LogP contribution in [-0.4, -0.2) is 9.97 Å². The van der Waals surface area contributed by atoms with Gasteiger partial charge in [0.25, 0.3) is 0 Å². The van der Waals surface area contributed by atoms with Crippen LogP contribution in [0.25, 0.3) is 22.0 Å². The molecular weight excluding hydrogens is 413 g/mol. The molecule has 23 heavy (non-hydrogen) atoms. The van der Waals surface area contributed by atoms with Gasteiger partial charge >= 0.3 is 6.18 Å². The second kappa shape index (κ2) is 6.22. The number of hydrogen-bond acceptors (Lipinski definition) is 3. The van der Waals surface area contributed by atoms with E-state index in [4.69, 9.17) is 11.6 Å². The SMILES string of the molecule is FC(F)(F)c1cc(-c2ccc(Cl)s2)nc(-c2cccc(Br)c2)n1. The van der Waals surface area contributed by atoms with Crippen LogP contribution in [0.5, 0.6) is 0 Å². The van der Waals surface area contributed by atoms with Gasteiger partial charge in [0.2, 0.25) is 0 Å². The highest BCUT2D eigenvalue weighted by molar-refractivity contribution is 9.10. The normalized spacial score (nSPS) is 11.7. The molecule has 0 radical (unpaired) electrons. The van der Waals surface area contributed by atoms with Crippen LogP contribution in [0.3, 0.4) is 0 Å². The monoisotopic (exact) mass is 418 g/mol. The highest BCUT2D eigenvalue weighted by Crippen LogP contribution is 2.35. The summed E-state index contributed by atoms with van der Waals surface area (Å²) in [4.78, 5) is 8.48. The van der Waals surface area contributed by atoms with Gasteiger partial charge in [0.1, 0.15) is 5.69 Å². The molecule has 0 unspecified atom stereocenters. The topological polar surface area (TPSA) is 25.8 Å². The van der Waals surface area contributed by atoms with Gasteiger partial charge in [-0.1, -0.05) is 39.7 Å². The molecule has 8 heteroatoms. The fraction of sp³-hybridized carbons (Fsp3) is 0.0667. The first-order valence-corrected chi connectivity index (χ1v) is 8.29. The molecule has 0 saturated heterocycles. The lowest BCUT2D eigenvalue weighted by Crippen LogP contribution is -2.10. The fourth-order valence-corrected chi connectivity index (χ4v) is 3.33. The summed E-state index contributed by atoms with van der Waals surface area (Å²) >= 11 is 10.3. The van der Waals surface area contributed by atoms with Gasteiger partial charge in [0, 0.05) is 10.0 Å². The summed E-state index contributed by atoms with van der Waals surface area (Å²) in [7, 11) is 0. The van der Waals surface area contributed by atoms with E-state index < -0.39 is 11.9 Å². The van der Waals surface area contributed by atoms with Crippen molar-refractivity contribution in [3.8, 4) is 22.0 Å². The number of aromatic nitrogens is 2. The maximum absolute atomic E-state index is 13.1. The molecule has 2 heterocycles. The largest absolute Gasteiger partial charge is 0.433 e. The molecule has 0 aliphatic rings. The molecule has 3 rings (SSSR count). The number of benzene rings is 1. The van der Waals surface area contributed by atoms with Crippen molar-refractivity contribution < 1.29 is 13.2 Å². The van der Waals surface area contributed by atoms with Crippen molar-refractivity contribution in [2.75, 3.05) is 0 Å². The summed E-state index contributed by atoms with van der Waals surface area (Å²) in [5.74, 6) is 0.0145.